The summed E-state index contributed by atoms with van der Waals surface area (Å²) < 4.78 is 39.8. The standard InChI is InChI=1S/C14H14F3N3O2/c1-7(2)20-11-5-8(14(15,16)17)3-4-9(11)13(22)10(19-20)6-12(18)21/h3-5,7H,6H2,1-2H3,(H2,18,21). The molecule has 8 heteroatoms. The number of alkyl halides is 3. The summed E-state index contributed by atoms with van der Waals surface area (Å²) in [6.45, 7) is 3.43. The Morgan fingerprint density at radius 1 is 1.36 bits per heavy atom. The zero-order valence-corrected chi connectivity index (χ0v) is 11.9. The number of fused-ring (bicyclic) bond motifs is 1. The normalized spacial score (nSPS) is 12.1. The third-order valence-corrected chi connectivity index (χ3v) is 3.14. The summed E-state index contributed by atoms with van der Waals surface area (Å²) in [6, 6.07) is 2.53. The van der Waals surface area contributed by atoms with Gasteiger partial charge in [0.25, 0.3) is 0 Å². The lowest BCUT2D eigenvalue weighted by atomic mass is 10.1. The van der Waals surface area contributed by atoms with E-state index in [9.17, 15) is 22.8 Å². The number of amides is 1. The van der Waals surface area contributed by atoms with E-state index in [4.69, 9.17) is 5.73 Å². The number of carbonyl (C=O) groups excluding carboxylic acids is 1. The predicted molar refractivity (Wildman–Crippen MR) is 74.3 cm³/mol. The smallest absolute Gasteiger partial charge is 0.369 e. The van der Waals surface area contributed by atoms with Crippen molar-refractivity contribution in [1.82, 2.24) is 9.78 Å². The van der Waals surface area contributed by atoms with Gasteiger partial charge in [0, 0.05) is 11.4 Å². The number of hydrogen-bond acceptors (Lipinski definition) is 3. The van der Waals surface area contributed by atoms with Crippen molar-refractivity contribution >= 4 is 16.8 Å². The van der Waals surface area contributed by atoms with Gasteiger partial charge in [0.2, 0.25) is 11.3 Å². The first-order chi connectivity index (χ1) is 10.1. The molecule has 0 aliphatic rings. The van der Waals surface area contributed by atoms with Crippen LogP contribution in [-0.4, -0.2) is 15.7 Å². The van der Waals surface area contributed by atoms with E-state index in [1.807, 2.05) is 0 Å². The number of rotatable bonds is 3. The number of nitrogens with zero attached hydrogens (tertiary/aromatic N) is 2. The number of hydrogen-bond donors (Lipinski definition) is 1. The van der Waals surface area contributed by atoms with E-state index in [1.165, 1.54) is 4.68 Å². The van der Waals surface area contributed by atoms with Gasteiger partial charge in [-0.2, -0.15) is 18.3 Å². The average Bonchev–Trinajstić information content (AvgIpc) is 2.39. The summed E-state index contributed by atoms with van der Waals surface area (Å²) in [7, 11) is 0. The van der Waals surface area contributed by atoms with Gasteiger partial charge >= 0.3 is 6.18 Å². The minimum absolute atomic E-state index is 0.0723. The monoisotopic (exact) mass is 313 g/mol. The Labute approximate surface area is 123 Å². The van der Waals surface area contributed by atoms with Crippen LogP contribution in [0.1, 0.15) is 31.1 Å². The molecule has 0 saturated carbocycles. The molecule has 0 aliphatic heterocycles. The highest BCUT2D eigenvalue weighted by Gasteiger charge is 2.31. The maximum absolute atomic E-state index is 12.8. The molecule has 2 aromatic rings. The summed E-state index contributed by atoms with van der Waals surface area (Å²) in [5.41, 5.74) is 3.62. The van der Waals surface area contributed by atoms with Crippen molar-refractivity contribution in [1.29, 1.82) is 0 Å². The van der Waals surface area contributed by atoms with Crippen LogP contribution in [0.5, 0.6) is 0 Å². The number of aromatic nitrogens is 2. The Morgan fingerprint density at radius 3 is 2.50 bits per heavy atom. The van der Waals surface area contributed by atoms with Gasteiger partial charge in [-0.25, -0.2) is 0 Å². The molecule has 0 saturated heterocycles. The van der Waals surface area contributed by atoms with Gasteiger partial charge in [-0.15, -0.1) is 0 Å². The fourth-order valence-electron chi connectivity index (χ4n) is 2.15. The van der Waals surface area contributed by atoms with E-state index >= 15 is 0 Å². The second-order valence-corrected chi connectivity index (χ2v) is 5.19. The van der Waals surface area contributed by atoms with E-state index in [1.54, 1.807) is 13.8 Å². The number of nitrogens with two attached hydrogens (primary N) is 1. The number of halogens is 3. The van der Waals surface area contributed by atoms with E-state index in [2.05, 4.69) is 5.10 Å². The fourth-order valence-corrected chi connectivity index (χ4v) is 2.15. The third-order valence-electron chi connectivity index (χ3n) is 3.14. The van der Waals surface area contributed by atoms with Gasteiger partial charge in [0.1, 0.15) is 5.69 Å². The molecule has 118 valence electrons. The summed E-state index contributed by atoms with van der Waals surface area (Å²) in [4.78, 5) is 23.2. The lowest BCUT2D eigenvalue weighted by Gasteiger charge is -2.16. The van der Waals surface area contributed by atoms with Gasteiger partial charge in [0.15, 0.2) is 0 Å². The highest BCUT2D eigenvalue weighted by Crippen LogP contribution is 2.31. The van der Waals surface area contributed by atoms with Crippen LogP contribution in [0, 0.1) is 0 Å². The van der Waals surface area contributed by atoms with Gasteiger partial charge in [0.05, 0.1) is 17.5 Å². The van der Waals surface area contributed by atoms with Crippen LogP contribution in [0.2, 0.25) is 0 Å². The van der Waals surface area contributed by atoms with Crippen LogP contribution >= 0.6 is 0 Å². The van der Waals surface area contributed by atoms with Gasteiger partial charge in [-0.3, -0.25) is 14.3 Å². The summed E-state index contributed by atoms with van der Waals surface area (Å²) in [5.74, 6) is -0.730. The maximum atomic E-state index is 12.8. The predicted octanol–water partition coefficient (Wildman–Crippen LogP) is 2.02. The molecular weight excluding hydrogens is 299 g/mol. The maximum Gasteiger partial charge on any atom is 0.416 e. The number of benzene rings is 1. The minimum Gasteiger partial charge on any atom is -0.369 e. The number of primary amides is 1. The summed E-state index contributed by atoms with van der Waals surface area (Å²) in [5, 5.41) is 4.08. The quantitative estimate of drug-likeness (QED) is 0.941. The topological polar surface area (TPSA) is 78.0 Å². The molecule has 0 aliphatic carbocycles. The lowest BCUT2D eigenvalue weighted by Crippen LogP contribution is -2.25. The van der Waals surface area contributed by atoms with Crippen LogP contribution < -0.4 is 11.2 Å². The average molecular weight is 313 g/mol. The molecule has 1 amide bonds. The van der Waals surface area contributed by atoms with Crippen LogP contribution in [0.4, 0.5) is 13.2 Å². The zero-order chi connectivity index (χ0) is 16.7. The first kappa shape index (κ1) is 16.0. The number of carbonyl (C=O) groups is 1. The van der Waals surface area contributed by atoms with Crippen molar-refractivity contribution < 1.29 is 18.0 Å². The molecule has 1 heterocycles. The van der Waals surface area contributed by atoms with Crippen molar-refractivity contribution in [2.24, 2.45) is 5.73 Å². The van der Waals surface area contributed by atoms with Crippen LogP contribution in [0.25, 0.3) is 10.9 Å². The molecule has 0 radical (unpaired) electrons. The Hall–Kier alpha value is -2.38. The van der Waals surface area contributed by atoms with E-state index in [-0.39, 0.29) is 29.1 Å². The molecule has 0 fully saturated rings. The highest BCUT2D eigenvalue weighted by atomic mass is 19.4. The Kier molecular flexibility index (Phi) is 3.95. The van der Waals surface area contributed by atoms with E-state index in [0.29, 0.717) is 0 Å². The molecule has 1 aromatic heterocycles. The van der Waals surface area contributed by atoms with Crippen LogP contribution in [0.3, 0.4) is 0 Å². The Balaban J connectivity index is 2.81. The highest BCUT2D eigenvalue weighted by molar-refractivity contribution is 5.82. The second-order valence-electron chi connectivity index (χ2n) is 5.19. The first-order valence-electron chi connectivity index (χ1n) is 6.52. The molecular formula is C14H14F3N3O2. The van der Waals surface area contributed by atoms with Crippen LogP contribution in [-0.2, 0) is 17.4 Å². The van der Waals surface area contributed by atoms with Crippen molar-refractivity contribution in [2.45, 2.75) is 32.5 Å². The minimum atomic E-state index is -4.52. The summed E-state index contributed by atoms with van der Waals surface area (Å²) in [6.07, 6.45) is -4.87. The van der Waals surface area contributed by atoms with Crippen molar-refractivity contribution in [3.8, 4) is 0 Å². The zero-order valence-electron chi connectivity index (χ0n) is 11.9. The van der Waals surface area contributed by atoms with E-state index in [0.717, 1.165) is 18.2 Å². The summed E-state index contributed by atoms with van der Waals surface area (Å²) >= 11 is 0. The van der Waals surface area contributed by atoms with Crippen molar-refractivity contribution in [3.05, 3.63) is 39.7 Å². The lowest BCUT2D eigenvalue weighted by molar-refractivity contribution is -0.137. The van der Waals surface area contributed by atoms with Gasteiger partial charge < -0.3 is 5.73 Å². The first-order valence-corrected chi connectivity index (χ1v) is 6.52. The molecule has 2 rings (SSSR count). The molecule has 2 N–H and O–H groups in total. The molecule has 22 heavy (non-hydrogen) atoms. The molecule has 0 bridgehead atoms. The van der Waals surface area contributed by atoms with E-state index < -0.39 is 23.1 Å². The van der Waals surface area contributed by atoms with Gasteiger partial charge in [-0.05, 0) is 32.0 Å². The van der Waals surface area contributed by atoms with Crippen LogP contribution in [0.15, 0.2) is 23.0 Å². The second kappa shape index (κ2) is 5.43. The SMILES string of the molecule is CC(C)n1nc(CC(N)=O)c(=O)c2ccc(C(F)(F)F)cc21. The molecule has 1 aromatic carbocycles. The fraction of sp³-hybridized carbons (Fsp3) is 0.357. The Morgan fingerprint density at radius 2 is 2.00 bits per heavy atom. The third kappa shape index (κ3) is 2.95. The molecule has 0 atom stereocenters. The van der Waals surface area contributed by atoms with Gasteiger partial charge in [-0.1, -0.05) is 0 Å². The van der Waals surface area contributed by atoms with Crippen molar-refractivity contribution in [2.75, 3.05) is 0 Å². The molecule has 5 nitrogen and oxygen atoms in total. The largest absolute Gasteiger partial charge is 0.416 e. The molecule has 0 spiro atoms. The molecule has 0 unspecified atom stereocenters. The Bertz CT molecular complexity index is 794. The van der Waals surface area contributed by atoms with Crippen molar-refractivity contribution in [3.63, 3.8) is 0 Å².